The summed E-state index contributed by atoms with van der Waals surface area (Å²) in [6.45, 7) is 1.01. The predicted molar refractivity (Wildman–Crippen MR) is 118 cm³/mol. The molecule has 0 spiro atoms. The van der Waals surface area contributed by atoms with Crippen LogP contribution in [0, 0.1) is 18.6 Å². The Morgan fingerprint density at radius 3 is 2.47 bits per heavy atom. The molecule has 0 saturated heterocycles. The topological polar surface area (TPSA) is 120 Å². The van der Waals surface area contributed by atoms with Gasteiger partial charge in [-0.05, 0) is 42.3 Å². The summed E-state index contributed by atoms with van der Waals surface area (Å²) in [6, 6.07) is 6.24. The third-order valence-corrected chi connectivity index (χ3v) is 7.00. The van der Waals surface area contributed by atoms with Crippen molar-refractivity contribution in [3.8, 4) is 0 Å². The van der Waals surface area contributed by atoms with Crippen molar-refractivity contribution in [1.29, 1.82) is 0 Å². The number of amides is 1. The van der Waals surface area contributed by atoms with Gasteiger partial charge in [0.05, 0.1) is 18.0 Å². The number of carbonyl (C=O) groups excluding carboxylic acids is 1. The lowest BCUT2D eigenvalue weighted by Crippen LogP contribution is -2.44. The van der Waals surface area contributed by atoms with E-state index < -0.39 is 49.3 Å². The van der Waals surface area contributed by atoms with Crippen LogP contribution in [0.15, 0.2) is 57.2 Å². The fourth-order valence-electron chi connectivity index (χ4n) is 3.54. The van der Waals surface area contributed by atoms with E-state index in [0.29, 0.717) is 5.56 Å². The van der Waals surface area contributed by atoms with Crippen molar-refractivity contribution in [3.63, 3.8) is 0 Å². The monoisotopic (exact) mass is 488 g/mol. The highest BCUT2D eigenvalue weighted by atomic mass is 32.2. The molecule has 3 heterocycles. The zero-order valence-electron chi connectivity index (χ0n) is 17.8. The second-order valence-electron chi connectivity index (χ2n) is 7.65. The summed E-state index contributed by atoms with van der Waals surface area (Å²) < 4.78 is 54.1. The SMILES string of the molecule is Cc1c2n(c(=O)n(Cc3ccc(F)c(F)c3)c1=O)C=C(C(=O)NCc1ccncc1)S(=O)(=O)C2. The number of nitrogens with one attached hydrogen (secondary N) is 1. The van der Waals surface area contributed by atoms with Crippen LogP contribution in [-0.2, 0) is 33.5 Å². The van der Waals surface area contributed by atoms with Gasteiger partial charge in [-0.25, -0.2) is 22.0 Å². The van der Waals surface area contributed by atoms with Crippen LogP contribution in [0.3, 0.4) is 0 Å². The van der Waals surface area contributed by atoms with Crippen LogP contribution in [0.4, 0.5) is 8.78 Å². The molecule has 3 aromatic rings. The van der Waals surface area contributed by atoms with Gasteiger partial charge in [0.2, 0.25) is 0 Å². The fraction of sp³-hybridized carbons (Fsp3) is 0.182. The number of hydrogen-bond donors (Lipinski definition) is 1. The summed E-state index contributed by atoms with van der Waals surface area (Å²) in [5.74, 6) is -3.85. The molecule has 1 aliphatic rings. The van der Waals surface area contributed by atoms with Gasteiger partial charge in [-0.3, -0.25) is 23.7 Å². The third kappa shape index (κ3) is 4.31. The normalized spacial score (nSPS) is 14.3. The Kier molecular flexibility index (Phi) is 6.00. The maximum atomic E-state index is 13.6. The standard InChI is InChI=1S/C22H18F2N4O5S/c1-13-18-12-34(32,33)19(20(29)26-9-14-4-6-25-7-5-14)11-27(18)22(31)28(21(13)30)10-15-2-3-16(23)17(24)8-15/h2-8,11H,9-10,12H2,1H3,(H,26,29). The van der Waals surface area contributed by atoms with E-state index in [1.165, 1.54) is 25.4 Å². The van der Waals surface area contributed by atoms with Gasteiger partial charge < -0.3 is 5.32 Å². The number of carbonyl (C=O) groups is 1. The molecular weight excluding hydrogens is 470 g/mol. The van der Waals surface area contributed by atoms with Crippen LogP contribution in [0.25, 0.3) is 6.20 Å². The summed E-state index contributed by atoms with van der Waals surface area (Å²) >= 11 is 0. The number of pyridine rings is 1. The highest BCUT2D eigenvalue weighted by Gasteiger charge is 2.33. The van der Waals surface area contributed by atoms with Gasteiger partial charge in [0.1, 0.15) is 4.91 Å². The summed E-state index contributed by atoms with van der Waals surface area (Å²) in [6.07, 6.45) is 3.92. The lowest BCUT2D eigenvalue weighted by molar-refractivity contribution is -0.116. The van der Waals surface area contributed by atoms with Gasteiger partial charge >= 0.3 is 5.69 Å². The second kappa shape index (κ2) is 8.78. The predicted octanol–water partition coefficient (Wildman–Crippen LogP) is 1.08. The van der Waals surface area contributed by atoms with Crippen LogP contribution in [-0.4, -0.2) is 28.4 Å². The van der Waals surface area contributed by atoms with Crippen molar-refractivity contribution in [3.05, 3.63) is 102 Å². The van der Waals surface area contributed by atoms with Gasteiger partial charge in [-0.2, -0.15) is 0 Å². The molecule has 0 radical (unpaired) electrons. The number of nitrogens with zero attached hydrogens (tertiary/aromatic N) is 3. The Hall–Kier alpha value is -3.93. The van der Waals surface area contributed by atoms with E-state index in [1.54, 1.807) is 12.1 Å². The molecule has 1 aliphatic heterocycles. The quantitative estimate of drug-likeness (QED) is 0.574. The van der Waals surface area contributed by atoms with Gasteiger partial charge in [0, 0.05) is 30.7 Å². The first-order chi connectivity index (χ1) is 16.1. The molecule has 0 unspecified atom stereocenters. The average Bonchev–Trinajstić information content (AvgIpc) is 2.81. The number of halogens is 2. The van der Waals surface area contributed by atoms with Crippen molar-refractivity contribution >= 4 is 21.9 Å². The number of sulfone groups is 1. The molecule has 1 N–H and O–H groups in total. The molecule has 0 fully saturated rings. The van der Waals surface area contributed by atoms with Crippen molar-refractivity contribution in [2.24, 2.45) is 0 Å². The van der Waals surface area contributed by atoms with E-state index in [9.17, 15) is 31.6 Å². The molecule has 2 aromatic heterocycles. The highest BCUT2D eigenvalue weighted by molar-refractivity contribution is 7.95. The number of rotatable bonds is 5. The van der Waals surface area contributed by atoms with Crippen LogP contribution in [0.5, 0.6) is 0 Å². The molecule has 9 nitrogen and oxygen atoms in total. The minimum atomic E-state index is -4.14. The molecule has 4 rings (SSSR count). The lowest BCUT2D eigenvalue weighted by Gasteiger charge is -2.21. The molecule has 34 heavy (non-hydrogen) atoms. The molecule has 0 aliphatic carbocycles. The zero-order valence-corrected chi connectivity index (χ0v) is 18.6. The van der Waals surface area contributed by atoms with Crippen molar-refractivity contribution in [2.75, 3.05) is 0 Å². The van der Waals surface area contributed by atoms with Gasteiger partial charge in [-0.1, -0.05) is 6.07 Å². The maximum Gasteiger partial charge on any atom is 0.335 e. The Morgan fingerprint density at radius 1 is 1.09 bits per heavy atom. The summed E-state index contributed by atoms with van der Waals surface area (Å²) in [7, 11) is -4.14. The average molecular weight is 488 g/mol. The van der Waals surface area contributed by atoms with Crippen LogP contribution >= 0.6 is 0 Å². The molecular formula is C22H18F2N4O5S. The summed E-state index contributed by atoms with van der Waals surface area (Å²) in [5, 5.41) is 2.49. The van der Waals surface area contributed by atoms with E-state index in [1.807, 2.05) is 0 Å². The second-order valence-corrected chi connectivity index (χ2v) is 9.61. The Bertz CT molecular complexity index is 1560. The zero-order chi connectivity index (χ0) is 24.6. The van der Waals surface area contributed by atoms with Gasteiger partial charge in [0.25, 0.3) is 11.5 Å². The van der Waals surface area contributed by atoms with Crippen LogP contribution < -0.4 is 16.6 Å². The maximum absolute atomic E-state index is 13.6. The molecule has 0 saturated carbocycles. The molecule has 12 heteroatoms. The highest BCUT2D eigenvalue weighted by Crippen LogP contribution is 2.22. The lowest BCUT2D eigenvalue weighted by atomic mass is 10.2. The number of hydrogen-bond acceptors (Lipinski definition) is 6. The van der Waals surface area contributed by atoms with Gasteiger partial charge in [0.15, 0.2) is 21.5 Å². The molecule has 1 aromatic carbocycles. The summed E-state index contributed by atoms with van der Waals surface area (Å²) in [5.41, 5.74) is -0.924. The fourth-order valence-corrected chi connectivity index (χ4v) is 5.03. The number of benzene rings is 1. The van der Waals surface area contributed by atoms with Crippen molar-refractivity contribution in [2.45, 2.75) is 25.8 Å². The van der Waals surface area contributed by atoms with E-state index in [0.717, 1.165) is 27.5 Å². The minimum absolute atomic E-state index is 0.0155. The molecule has 0 atom stereocenters. The largest absolute Gasteiger partial charge is 0.347 e. The minimum Gasteiger partial charge on any atom is -0.347 e. The molecule has 1 amide bonds. The first-order valence-electron chi connectivity index (χ1n) is 9.99. The first-order valence-corrected chi connectivity index (χ1v) is 11.6. The number of fused-ring (bicyclic) bond motifs is 1. The Balaban J connectivity index is 1.75. The van der Waals surface area contributed by atoms with Crippen LogP contribution in [0.1, 0.15) is 22.4 Å². The van der Waals surface area contributed by atoms with Crippen molar-refractivity contribution < 1.29 is 22.0 Å². The first kappa shape index (κ1) is 23.2. The summed E-state index contributed by atoms with van der Waals surface area (Å²) in [4.78, 5) is 41.8. The van der Waals surface area contributed by atoms with E-state index in [4.69, 9.17) is 0 Å². The van der Waals surface area contributed by atoms with E-state index in [2.05, 4.69) is 10.3 Å². The molecule has 0 bridgehead atoms. The Morgan fingerprint density at radius 2 is 1.79 bits per heavy atom. The van der Waals surface area contributed by atoms with E-state index in [-0.39, 0.29) is 29.9 Å². The van der Waals surface area contributed by atoms with Gasteiger partial charge in [-0.15, -0.1) is 0 Å². The molecule has 176 valence electrons. The van der Waals surface area contributed by atoms with E-state index >= 15 is 0 Å². The van der Waals surface area contributed by atoms with Crippen LogP contribution in [0.2, 0.25) is 0 Å². The third-order valence-electron chi connectivity index (χ3n) is 5.39. The smallest absolute Gasteiger partial charge is 0.335 e. The van der Waals surface area contributed by atoms with Crippen molar-refractivity contribution in [1.82, 2.24) is 19.4 Å². The number of aromatic nitrogens is 3. The Labute approximate surface area is 191 Å².